The molecule has 2 aromatic carbocycles. The highest BCUT2D eigenvalue weighted by atomic mass is 32.2. The number of amides is 2. The van der Waals surface area contributed by atoms with Gasteiger partial charge in [0.15, 0.2) is 0 Å². The van der Waals surface area contributed by atoms with Gasteiger partial charge in [-0.3, -0.25) is 9.59 Å². The molecule has 0 fully saturated rings. The first-order chi connectivity index (χ1) is 15.9. The van der Waals surface area contributed by atoms with E-state index in [1.54, 1.807) is 41.9 Å². The summed E-state index contributed by atoms with van der Waals surface area (Å²) < 4.78 is 0. The van der Waals surface area contributed by atoms with Crippen molar-refractivity contribution in [3.63, 3.8) is 0 Å². The third kappa shape index (κ3) is 5.40. The van der Waals surface area contributed by atoms with Crippen molar-refractivity contribution >= 4 is 56.5 Å². The zero-order valence-corrected chi connectivity index (χ0v) is 20.2. The molecular formula is C25H24N4O2S2. The number of nitrogens with zero attached hydrogens (tertiary/aromatic N) is 2. The summed E-state index contributed by atoms with van der Waals surface area (Å²) in [6, 6.07) is 15.6. The Morgan fingerprint density at radius 1 is 1.00 bits per heavy atom. The second-order valence-corrected chi connectivity index (χ2v) is 9.75. The van der Waals surface area contributed by atoms with E-state index in [2.05, 4.69) is 57.2 Å². The van der Waals surface area contributed by atoms with Crippen LogP contribution in [0.4, 0.5) is 11.4 Å². The summed E-state index contributed by atoms with van der Waals surface area (Å²) in [6.07, 6.45) is 2.55. The molecular weight excluding hydrogens is 452 g/mol. The number of carbonyl (C=O) groups excluding carboxylic acids is 2. The van der Waals surface area contributed by atoms with Crippen molar-refractivity contribution in [3.05, 3.63) is 65.8 Å². The molecule has 8 heteroatoms. The van der Waals surface area contributed by atoms with Gasteiger partial charge in [0.05, 0.1) is 10.6 Å². The predicted molar refractivity (Wildman–Crippen MR) is 137 cm³/mol. The largest absolute Gasteiger partial charge is 0.326 e. The molecule has 0 saturated heterocycles. The van der Waals surface area contributed by atoms with Crippen LogP contribution in [-0.2, 0) is 16.0 Å². The molecule has 2 heterocycles. The quantitative estimate of drug-likeness (QED) is 0.252. The summed E-state index contributed by atoms with van der Waals surface area (Å²) in [5.41, 5.74) is 4.85. The standard InChI is InChI=1S/C25H24N4O2S2/c1-4-17-5-7-18(8-6-17)21-13-32-24-22(21)25(27-14-26-24)33-15(2)23(31)29-20-11-9-19(10-12-20)28-16(3)30/h5-15H,4H2,1-3H3,(H,28,30)(H,29,31). The van der Waals surface area contributed by atoms with Crippen molar-refractivity contribution in [1.82, 2.24) is 9.97 Å². The molecule has 2 aromatic heterocycles. The lowest BCUT2D eigenvalue weighted by Crippen LogP contribution is -2.22. The smallest absolute Gasteiger partial charge is 0.237 e. The van der Waals surface area contributed by atoms with Gasteiger partial charge in [-0.25, -0.2) is 9.97 Å². The van der Waals surface area contributed by atoms with E-state index in [-0.39, 0.29) is 17.1 Å². The van der Waals surface area contributed by atoms with E-state index in [9.17, 15) is 9.59 Å². The fourth-order valence-electron chi connectivity index (χ4n) is 3.37. The zero-order valence-electron chi connectivity index (χ0n) is 18.6. The Bertz CT molecular complexity index is 1280. The van der Waals surface area contributed by atoms with Crippen LogP contribution in [0.1, 0.15) is 26.3 Å². The second kappa shape index (κ2) is 10.1. The third-order valence-electron chi connectivity index (χ3n) is 5.14. The summed E-state index contributed by atoms with van der Waals surface area (Å²) >= 11 is 3.00. The van der Waals surface area contributed by atoms with E-state index in [4.69, 9.17) is 0 Å². The highest BCUT2D eigenvalue weighted by molar-refractivity contribution is 8.00. The van der Waals surface area contributed by atoms with E-state index in [0.29, 0.717) is 11.4 Å². The van der Waals surface area contributed by atoms with Crippen molar-refractivity contribution in [2.75, 3.05) is 10.6 Å². The van der Waals surface area contributed by atoms with Crippen LogP contribution in [0.5, 0.6) is 0 Å². The summed E-state index contributed by atoms with van der Waals surface area (Å²) in [5.74, 6) is -0.259. The van der Waals surface area contributed by atoms with Gasteiger partial charge < -0.3 is 10.6 Å². The molecule has 2 N–H and O–H groups in total. The number of aromatic nitrogens is 2. The Labute approximate surface area is 200 Å². The topological polar surface area (TPSA) is 84.0 Å². The maximum atomic E-state index is 12.8. The molecule has 4 aromatic rings. The number of anilines is 2. The number of nitrogens with one attached hydrogen (secondary N) is 2. The van der Waals surface area contributed by atoms with Gasteiger partial charge in [0.1, 0.15) is 16.2 Å². The first kappa shape index (κ1) is 22.9. The fourth-order valence-corrected chi connectivity index (χ4v) is 5.29. The SMILES string of the molecule is CCc1ccc(-c2csc3ncnc(SC(C)C(=O)Nc4ccc(NC(C)=O)cc4)c23)cc1. The average Bonchev–Trinajstić information content (AvgIpc) is 3.25. The van der Waals surface area contributed by atoms with E-state index < -0.39 is 0 Å². The molecule has 0 aliphatic carbocycles. The highest BCUT2D eigenvalue weighted by Crippen LogP contribution is 2.39. The number of hydrogen-bond donors (Lipinski definition) is 2. The summed E-state index contributed by atoms with van der Waals surface area (Å²) in [6.45, 7) is 5.46. The summed E-state index contributed by atoms with van der Waals surface area (Å²) in [4.78, 5) is 33.8. The van der Waals surface area contributed by atoms with Gasteiger partial charge in [0.25, 0.3) is 0 Å². The lowest BCUT2D eigenvalue weighted by atomic mass is 10.0. The zero-order chi connectivity index (χ0) is 23.4. The lowest BCUT2D eigenvalue weighted by Gasteiger charge is -2.13. The number of aryl methyl sites for hydroxylation is 1. The van der Waals surface area contributed by atoms with Crippen LogP contribution >= 0.6 is 23.1 Å². The van der Waals surface area contributed by atoms with Gasteiger partial charge in [0, 0.05) is 29.2 Å². The second-order valence-electron chi connectivity index (χ2n) is 7.57. The third-order valence-corrected chi connectivity index (χ3v) is 7.13. The van der Waals surface area contributed by atoms with E-state index in [0.717, 1.165) is 32.8 Å². The van der Waals surface area contributed by atoms with Crippen LogP contribution < -0.4 is 10.6 Å². The minimum atomic E-state index is -0.367. The number of carbonyl (C=O) groups is 2. The normalized spacial score (nSPS) is 11.8. The maximum absolute atomic E-state index is 12.8. The monoisotopic (exact) mass is 476 g/mol. The van der Waals surface area contributed by atoms with Crippen molar-refractivity contribution in [2.45, 2.75) is 37.5 Å². The minimum Gasteiger partial charge on any atom is -0.326 e. The van der Waals surface area contributed by atoms with Gasteiger partial charge in [-0.15, -0.1) is 11.3 Å². The van der Waals surface area contributed by atoms with Crippen LogP contribution in [0, 0.1) is 0 Å². The van der Waals surface area contributed by atoms with Gasteiger partial charge in [-0.1, -0.05) is 43.0 Å². The fraction of sp³-hybridized carbons (Fsp3) is 0.200. The van der Waals surface area contributed by atoms with Crippen LogP contribution in [0.3, 0.4) is 0 Å². The van der Waals surface area contributed by atoms with Gasteiger partial charge in [0.2, 0.25) is 11.8 Å². The summed E-state index contributed by atoms with van der Waals surface area (Å²) in [7, 11) is 0. The van der Waals surface area contributed by atoms with E-state index >= 15 is 0 Å². The van der Waals surface area contributed by atoms with Gasteiger partial charge in [-0.05, 0) is 48.7 Å². The number of hydrogen-bond acceptors (Lipinski definition) is 6. The number of thiophene rings is 1. The predicted octanol–water partition coefficient (Wildman–Crippen LogP) is 6.00. The summed E-state index contributed by atoms with van der Waals surface area (Å²) in [5, 5.41) is 9.15. The molecule has 0 radical (unpaired) electrons. The molecule has 2 amide bonds. The number of benzene rings is 2. The van der Waals surface area contributed by atoms with Gasteiger partial charge in [-0.2, -0.15) is 0 Å². The van der Waals surface area contributed by atoms with E-state index in [1.165, 1.54) is 24.2 Å². The van der Waals surface area contributed by atoms with Gasteiger partial charge >= 0.3 is 0 Å². The molecule has 1 atom stereocenters. The van der Waals surface area contributed by atoms with Crippen molar-refractivity contribution in [2.24, 2.45) is 0 Å². The van der Waals surface area contributed by atoms with E-state index in [1.807, 2.05) is 6.92 Å². The van der Waals surface area contributed by atoms with Crippen LogP contribution in [0.2, 0.25) is 0 Å². The molecule has 0 bridgehead atoms. The van der Waals surface area contributed by atoms with Crippen molar-refractivity contribution < 1.29 is 9.59 Å². The Morgan fingerprint density at radius 3 is 2.30 bits per heavy atom. The Balaban J connectivity index is 1.52. The average molecular weight is 477 g/mol. The lowest BCUT2D eigenvalue weighted by molar-refractivity contribution is -0.115. The molecule has 0 aliphatic heterocycles. The molecule has 1 unspecified atom stereocenters. The molecule has 168 valence electrons. The number of thioether (sulfide) groups is 1. The molecule has 0 aliphatic rings. The molecule has 0 spiro atoms. The molecule has 4 rings (SSSR count). The Kier molecular flexibility index (Phi) is 7.05. The molecule has 0 saturated carbocycles. The van der Waals surface area contributed by atoms with Crippen LogP contribution in [0.25, 0.3) is 21.3 Å². The van der Waals surface area contributed by atoms with Crippen molar-refractivity contribution in [3.8, 4) is 11.1 Å². The molecule has 33 heavy (non-hydrogen) atoms. The first-order valence-electron chi connectivity index (χ1n) is 10.6. The highest BCUT2D eigenvalue weighted by Gasteiger charge is 2.20. The molecule has 6 nitrogen and oxygen atoms in total. The van der Waals surface area contributed by atoms with Crippen LogP contribution in [0.15, 0.2) is 65.3 Å². The maximum Gasteiger partial charge on any atom is 0.237 e. The van der Waals surface area contributed by atoms with Crippen LogP contribution in [-0.4, -0.2) is 27.0 Å². The number of fused-ring (bicyclic) bond motifs is 1. The van der Waals surface area contributed by atoms with Crippen molar-refractivity contribution in [1.29, 1.82) is 0 Å². The first-order valence-corrected chi connectivity index (χ1v) is 12.4. The Morgan fingerprint density at radius 2 is 1.67 bits per heavy atom. The minimum absolute atomic E-state index is 0.122. The Hall–Kier alpha value is -3.23. The number of rotatable bonds is 7.